The van der Waals surface area contributed by atoms with Crippen molar-refractivity contribution in [3.63, 3.8) is 0 Å². The Kier molecular flexibility index (Phi) is 5.71. The average Bonchev–Trinajstić information content (AvgIpc) is 2.67. The van der Waals surface area contributed by atoms with E-state index in [0.717, 1.165) is 12.8 Å². The third-order valence-electron chi connectivity index (χ3n) is 3.39. The number of carbonyl (C=O) groups is 2. The maximum Gasteiger partial charge on any atom is 0.490 e. The van der Waals surface area contributed by atoms with Crippen LogP contribution in [0.3, 0.4) is 0 Å². The second-order valence-corrected chi connectivity index (χ2v) is 5.58. The Morgan fingerprint density at radius 3 is 2.09 bits per heavy atom. The summed E-state index contributed by atoms with van der Waals surface area (Å²) in [5.74, 6) is -5.11. The molecule has 1 heterocycles. The summed E-state index contributed by atoms with van der Waals surface area (Å²) in [6.07, 6.45) is -3.52. The first kappa shape index (κ1) is 18.6. The highest BCUT2D eigenvalue weighted by Gasteiger charge is 2.43. The highest BCUT2D eigenvalue weighted by Crippen LogP contribution is 2.28. The van der Waals surface area contributed by atoms with Crippen LogP contribution in [0.25, 0.3) is 0 Å². The first-order chi connectivity index (χ1) is 9.90. The molecule has 0 spiro atoms. The molecule has 128 valence electrons. The van der Waals surface area contributed by atoms with Gasteiger partial charge in [0.15, 0.2) is 0 Å². The van der Waals surface area contributed by atoms with Gasteiger partial charge >= 0.3 is 12.1 Å². The van der Waals surface area contributed by atoms with E-state index in [2.05, 4.69) is 17.6 Å². The van der Waals surface area contributed by atoms with Crippen LogP contribution >= 0.6 is 0 Å². The highest BCUT2D eigenvalue weighted by molar-refractivity contribution is 5.82. The second-order valence-electron chi connectivity index (χ2n) is 5.58. The summed E-state index contributed by atoms with van der Waals surface area (Å²) >= 11 is 0. The largest absolute Gasteiger partial charge is 0.490 e. The number of halogens is 5. The van der Waals surface area contributed by atoms with E-state index in [1.165, 1.54) is 0 Å². The van der Waals surface area contributed by atoms with Crippen molar-refractivity contribution >= 4 is 11.9 Å². The molecule has 0 aromatic heterocycles. The number of aliphatic carboxylic acids is 1. The Balaban J connectivity index is 0.000000295. The summed E-state index contributed by atoms with van der Waals surface area (Å²) in [6, 6.07) is -0.514. The number of nitrogens with one attached hydrogen (secondary N) is 2. The fourth-order valence-electron chi connectivity index (χ4n) is 2.22. The van der Waals surface area contributed by atoms with Crippen molar-refractivity contribution in [1.82, 2.24) is 10.6 Å². The standard InChI is InChI=1S/C10H16F2N2O.C2HF3O2/c1-6-2-7(3-6)14-9(15)8-4-10(11,12)5-13-8;3-2(4,5)1(6)7/h6-8,13H,2-5H2,1H3,(H,14,15);(H,6,7). The molecule has 0 bridgehead atoms. The van der Waals surface area contributed by atoms with E-state index in [-0.39, 0.29) is 24.9 Å². The van der Waals surface area contributed by atoms with Gasteiger partial charge in [-0.05, 0) is 18.8 Å². The summed E-state index contributed by atoms with van der Waals surface area (Å²) in [7, 11) is 0. The molecule has 1 unspecified atom stereocenters. The normalized spacial score (nSPS) is 29.8. The van der Waals surface area contributed by atoms with Gasteiger partial charge in [-0.1, -0.05) is 6.92 Å². The first-order valence-electron chi connectivity index (χ1n) is 6.62. The van der Waals surface area contributed by atoms with Gasteiger partial charge in [0, 0.05) is 12.5 Å². The fraction of sp³-hybridized carbons (Fsp3) is 0.833. The van der Waals surface area contributed by atoms with E-state index in [4.69, 9.17) is 9.90 Å². The van der Waals surface area contributed by atoms with Crippen molar-refractivity contribution in [2.45, 2.75) is 50.4 Å². The number of hydrogen-bond acceptors (Lipinski definition) is 3. The molecule has 22 heavy (non-hydrogen) atoms. The Morgan fingerprint density at radius 1 is 1.27 bits per heavy atom. The Bertz CT molecular complexity index is 421. The minimum absolute atomic E-state index is 0.198. The van der Waals surface area contributed by atoms with Gasteiger partial charge in [-0.25, -0.2) is 13.6 Å². The van der Waals surface area contributed by atoms with Gasteiger partial charge < -0.3 is 10.4 Å². The average molecular weight is 332 g/mol. The molecule has 1 amide bonds. The van der Waals surface area contributed by atoms with E-state index in [1.807, 2.05) is 0 Å². The molecule has 5 nitrogen and oxygen atoms in total. The molecule has 2 fully saturated rings. The van der Waals surface area contributed by atoms with Gasteiger partial charge in [-0.15, -0.1) is 0 Å². The molecular formula is C12H17F5N2O3. The van der Waals surface area contributed by atoms with Crippen molar-refractivity contribution in [3.05, 3.63) is 0 Å². The molecule has 10 heteroatoms. The van der Waals surface area contributed by atoms with Crippen molar-refractivity contribution in [3.8, 4) is 0 Å². The lowest BCUT2D eigenvalue weighted by molar-refractivity contribution is -0.192. The van der Waals surface area contributed by atoms with Crippen LogP contribution < -0.4 is 10.6 Å². The van der Waals surface area contributed by atoms with Crippen LogP contribution in [0.1, 0.15) is 26.2 Å². The number of carbonyl (C=O) groups excluding carboxylic acids is 1. The van der Waals surface area contributed by atoms with Crippen molar-refractivity contribution in [2.24, 2.45) is 5.92 Å². The minimum atomic E-state index is -5.08. The van der Waals surface area contributed by atoms with Crippen molar-refractivity contribution < 1.29 is 36.6 Å². The Hall–Kier alpha value is -1.45. The van der Waals surface area contributed by atoms with Crippen LogP contribution in [0.4, 0.5) is 22.0 Å². The SMILES string of the molecule is CC1CC(NC(=O)C2CC(F)(F)CN2)C1.O=C(O)C(F)(F)F. The number of alkyl halides is 5. The molecule has 0 radical (unpaired) electrons. The number of carboxylic acids is 1. The molecule has 0 aromatic carbocycles. The summed E-state index contributed by atoms with van der Waals surface area (Å²) < 4.78 is 57.4. The smallest absolute Gasteiger partial charge is 0.475 e. The molecule has 1 aliphatic carbocycles. The van der Waals surface area contributed by atoms with E-state index in [1.54, 1.807) is 0 Å². The molecule has 1 aliphatic heterocycles. The highest BCUT2D eigenvalue weighted by atomic mass is 19.4. The van der Waals surface area contributed by atoms with Crippen LogP contribution in [0.5, 0.6) is 0 Å². The van der Waals surface area contributed by atoms with E-state index in [9.17, 15) is 26.7 Å². The van der Waals surface area contributed by atoms with E-state index < -0.39 is 24.1 Å². The molecule has 3 N–H and O–H groups in total. The second kappa shape index (κ2) is 6.76. The Labute approximate surface area is 123 Å². The first-order valence-corrected chi connectivity index (χ1v) is 6.62. The predicted octanol–water partition coefficient (Wildman–Crippen LogP) is 1.53. The summed E-state index contributed by atoms with van der Waals surface area (Å²) in [6.45, 7) is 1.73. The fourth-order valence-corrected chi connectivity index (χ4v) is 2.22. The lowest BCUT2D eigenvalue weighted by atomic mass is 9.82. The maximum atomic E-state index is 12.8. The zero-order valence-corrected chi connectivity index (χ0v) is 11.7. The molecule has 1 saturated heterocycles. The molecule has 2 rings (SSSR count). The number of amides is 1. The van der Waals surface area contributed by atoms with Crippen LogP contribution in [-0.4, -0.2) is 47.7 Å². The van der Waals surface area contributed by atoms with Crippen LogP contribution in [0, 0.1) is 5.92 Å². The molecule has 1 atom stereocenters. The zero-order valence-electron chi connectivity index (χ0n) is 11.7. The number of rotatable bonds is 2. The monoisotopic (exact) mass is 332 g/mol. The van der Waals surface area contributed by atoms with Gasteiger partial charge in [-0.3, -0.25) is 10.1 Å². The van der Waals surface area contributed by atoms with Crippen molar-refractivity contribution in [2.75, 3.05) is 6.54 Å². The maximum absolute atomic E-state index is 12.8. The quantitative estimate of drug-likeness (QED) is 0.670. The topological polar surface area (TPSA) is 78.4 Å². The summed E-state index contributed by atoms with van der Waals surface area (Å²) in [5.41, 5.74) is 0. The third kappa shape index (κ3) is 5.74. The summed E-state index contributed by atoms with van der Waals surface area (Å²) in [4.78, 5) is 20.4. The zero-order chi connectivity index (χ0) is 17.1. The van der Waals surface area contributed by atoms with Gasteiger partial charge in [0.05, 0.1) is 12.6 Å². The van der Waals surface area contributed by atoms with Crippen LogP contribution in [0.2, 0.25) is 0 Å². The minimum Gasteiger partial charge on any atom is -0.475 e. The molecule has 1 saturated carbocycles. The number of hydrogen-bond donors (Lipinski definition) is 3. The van der Waals surface area contributed by atoms with Crippen molar-refractivity contribution in [1.29, 1.82) is 0 Å². The Morgan fingerprint density at radius 2 is 1.77 bits per heavy atom. The molecular weight excluding hydrogens is 315 g/mol. The molecule has 0 aromatic rings. The third-order valence-corrected chi connectivity index (χ3v) is 3.39. The molecule has 2 aliphatic rings. The van der Waals surface area contributed by atoms with Gasteiger partial charge in [0.25, 0.3) is 5.92 Å². The van der Waals surface area contributed by atoms with Crippen LogP contribution in [0.15, 0.2) is 0 Å². The number of carboxylic acid groups (broad SMARTS) is 1. The predicted molar refractivity (Wildman–Crippen MR) is 65.4 cm³/mol. The lowest BCUT2D eigenvalue weighted by Crippen LogP contribution is -2.49. The van der Waals surface area contributed by atoms with E-state index >= 15 is 0 Å². The van der Waals surface area contributed by atoms with Gasteiger partial charge in [0.2, 0.25) is 5.91 Å². The van der Waals surface area contributed by atoms with Crippen LogP contribution in [-0.2, 0) is 9.59 Å². The lowest BCUT2D eigenvalue weighted by Gasteiger charge is -2.33. The van der Waals surface area contributed by atoms with Gasteiger partial charge in [0.1, 0.15) is 0 Å². The van der Waals surface area contributed by atoms with Gasteiger partial charge in [-0.2, -0.15) is 13.2 Å². The summed E-state index contributed by atoms with van der Waals surface area (Å²) in [5, 5.41) is 12.5. The van der Waals surface area contributed by atoms with E-state index in [0.29, 0.717) is 5.92 Å².